The van der Waals surface area contributed by atoms with Gasteiger partial charge in [0.15, 0.2) is 5.75 Å². The fourth-order valence-corrected chi connectivity index (χ4v) is 2.63. The highest BCUT2D eigenvalue weighted by Gasteiger charge is 2.20. The van der Waals surface area contributed by atoms with Crippen molar-refractivity contribution in [3.8, 4) is 5.75 Å². The highest BCUT2D eigenvalue weighted by atomic mass is 16.6. The van der Waals surface area contributed by atoms with Gasteiger partial charge in [0, 0.05) is 23.6 Å². The summed E-state index contributed by atoms with van der Waals surface area (Å²) < 4.78 is 5.27. The molecule has 8 nitrogen and oxygen atoms in total. The van der Waals surface area contributed by atoms with Crippen LogP contribution in [0.4, 0.5) is 11.5 Å². The first-order chi connectivity index (χ1) is 12.6. The number of fused-ring (bicyclic) bond motifs is 1. The van der Waals surface area contributed by atoms with Crippen LogP contribution in [0.2, 0.25) is 0 Å². The normalized spacial score (nSPS) is 11.9. The number of anilines is 1. The minimum absolute atomic E-state index is 0.0341. The summed E-state index contributed by atoms with van der Waals surface area (Å²) in [6, 6.07) is 12.6. The van der Waals surface area contributed by atoms with E-state index in [-0.39, 0.29) is 30.7 Å². The number of nitrogens with one attached hydrogen (secondary N) is 1. The SMILES string of the molecule is C[C@@H](Nc1ncnc2cc(OCCO)c([N+](=O)[O-])cc12)c1ccccc1. The molecule has 1 heterocycles. The summed E-state index contributed by atoms with van der Waals surface area (Å²) in [6.07, 6.45) is 1.39. The topological polar surface area (TPSA) is 110 Å². The van der Waals surface area contributed by atoms with E-state index in [2.05, 4.69) is 15.3 Å². The molecule has 26 heavy (non-hydrogen) atoms. The molecule has 0 aliphatic rings. The molecule has 0 aliphatic heterocycles. The molecule has 0 spiro atoms. The Hall–Kier alpha value is -3.26. The van der Waals surface area contributed by atoms with E-state index in [0.29, 0.717) is 16.7 Å². The van der Waals surface area contributed by atoms with Crippen LogP contribution in [-0.4, -0.2) is 33.2 Å². The predicted molar refractivity (Wildman–Crippen MR) is 97.3 cm³/mol. The molecule has 1 atom stereocenters. The zero-order chi connectivity index (χ0) is 18.5. The summed E-state index contributed by atoms with van der Waals surface area (Å²) in [5, 5.41) is 24.1. The molecular formula is C18H18N4O4. The van der Waals surface area contributed by atoms with Crippen molar-refractivity contribution >= 4 is 22.4 Å². The summed E-state index contributed by atoms with van der Waals surface area (Å²) in [7, 11) is 0. The van der Waals surface area contributed by atoms with Gasteiger partial charge in [-0.05, 0) is 12.5 Å². The van der Waals surface area contributed by atoms with E-state index in [1.165, 1.54) is 18.5 Å². The van der Waals surface area contributed by atoms with Crippen LogP contribution in [0.25, 0.3) is 10.9 Å². The lowest BCUT2D eigenvalue weighted by atomic mass is 10.1. The predicted octanol–water partition coefficient (Wildman–Crippen LogP) is 3.08. The number of hydrogen-bond acceptors (Lipinski definition) is 7. The molecule has 134 valence electrons. The van der Waals surface area contributed by atoms with Crippen molar-refractivity contribution in [2.24, 2.45) is 0 Å². The first-order valence-corrected chi connectivity index (χ1v) is 8.08. The summed E-state index contributed by atoms with van der Waals surface area (Å²) in [6.45, 7) is 1.71. The minimum atomic E-state index is -0.524. The number of ether oxygens (including phenoxy) is 1. The average Bonchev–Trinajstić information content (AvgIpc) is 2.66. The van der Waals surface area contributed by atoms with Gasteiger partial charge in [0.1, 0.15) is 18.8 Å². The Kier molecular flexibility index (Phi) is 5.23. The maximum atomic E-state index is 11.4. The summed E-state index contributed by atoms with van der Waals surface area (Å²) >= 11 is 0. The third kappa shape index (κ3) is 3.70. The molecule has 3 rings (SSSR count). The molecule has 0 aliphatic carbocycles. The highest BCUT2D eigenvalue weighted by Crippen LogP contribution is 2.34. The van der Waals surface area contributed by atoms with Gasteiger partial charge in [-0.25, -0.2) is 9.97 Å². The first kappa shape index (κ1) is 17.6. The molecule has 8 heteroatoms. The maximum absolute atomic E-state index is 11.4. The number of benzene rings is 2. The van der Waals surface area contributed by atoms with Gasteiger partial charge in [0.05, 0.1) is 17.0 Å². The van der Waals surface area contributed by atoms with Crippen molar-refractivity contribution < 1.29 is 14.8 Å². The number of rotatable bonds is 7. The lowest BCUT2D eigenvalue weighted by Gasteiger charge is -2.16. The lowest BCUT2D eigenvalue weighted by Crippen LogP contribution is -2.09. The van der Waals surface area contributed by atoms with Crippen molar-refractivity contribution in [2.45, 2.75) is 13.0 Å². The fraction of sp³-hybridized carbons (Fsp3) is 0.222. The molecule has 0 saturated heterocycles. The van der Waals surface area contributed by atoms with Crippen molar-refractivity contribution in [3.05, 3.63) is 64.5 Å². The van der Waals surface area contributed by atoms with Gasteiger partial charge >= 0.3 is 5.69 Å². The van der Waals surface area contributed by atoms with Crippen LogP contribution >= 0.6 is 0 Å². The Morgan fingerprint density at radius 2 is 2.04 bits per heavy atom. The number of aliphatic hydroxyl groups excluding tert-OH is 1. The molecule has 0 amide bonds. The van der Waals surface area contributed by atoms with E-state index in [4.69, 9.17) is 9.84 Å². The van der Waals surface area contributed by atoms with Crippen molar-refractivity contribution in [1.82, 2.24) is 9.97 Å². The Labute approximate surface area is 149 Å². The monoisotopic (exact) mass is 354 g/mol. The second-order valence-electron chi connectivity index (χ2n) is 5.67. The Morgan fingerprint density at radius 3 is 2.73 bits per heavy atom. The first-order valence-electron chi connectivity index (χ1n) is 8.08. The van der Waals surface area contributed by atoms with Gasteiger partial charge < -0.3 is 15.2 Å². The Balaban J connectivity index is 2.01. The smallest absolute Gasteiger partial charge is 0.311 e. The van der Waals surface area contributed by atoms with Crippen LogP contribution in [0.3, 0.4) is 0 Å². The van der Waals surface area contributed by atoms with Crippen molar-refractivity contribution in [1.29, 1.82) is 0 Å². The van der Waals surface area contributed by atoms with Crippen molar-refractivity contribution in [3.63, 3.8) is 0 Å². The number of aliphatic hydroxyl groups is 1. The molecule has 1 aromatic heterocycles. The molecule has 3 aromatic rings. The molecule has 0 fully saturated rings. The molecule has 2 N–H and O–H groups in total. The van der Waals surface area contributed by atoms with Gasteiger partial charge in [-0.1, -0.05) is 30.3 Å². The average molecular weight is 354 g/mol. The molecule has 2 aromatic carbocycles. The van der Waals surface area contributed by atoms with E-state index in [1.807, 2.05) is 37.3 Å². The van der Waals surface area contributed by atoms with Crippen LogP contribution < -0.4 is 10.1 Å². The maximum Gasteiger partial charge on any atom is 0.311 e. The third-order valence-corrected chi connectivity index (χ3v) is 3.91. The van der Waals surface area contributed by atoms with E-state index in [1.54, 1.807) is 0 Å². The van der Waals surface area contributed by atoms with Crippen molar-refractivity contribution in [2.75, 3.05) is 18.5 Å². The molecular weight excluding hydrogens is 336 g/mol. The second kappa shape index (κ2) is 7.75. The number of hydrogen-bond donors (Lipinski definition) is 2. The second-order valence-corrected chi connectivity index (χ2v) is 5.67. The lowest BCUT2D eigenvalue weighted by molar-refractivity contribution is -0.385. The van der Waals surface area contributed by atoms with Crippen LogP contribution in [-0.2, 0) is 0 Å². The van der Waals surface area contributed by atoms with Gasteiger partial charge in [0.2, 0.25) is 0 Å². The van der Waals surface area contributed by atoms with Crippen LogP contribution in [0.15, 0.2) is 48.8 Å². The van der Waals surface area contributed by atoms with Gasteiger partial charge in [-0.2, -0.15) is 0 Å². The Morgan fingerprint density at radius 1 is 1.27 bits per heavy atom. The Bertz CT molecular complexity index is 918. The van der Waals surface area contributed by atoms with Gasteiger partial charge in [-0.15, -0.1) is 0 Å². The molecule has 0 saturated carbocycles. The van der Waals surface area contributed by atoms with Crippen LogP contribution in [0.5, 0.6) is 5.75 Å². The molecule has 0 radical (unpaired) electrons. The minimum Gasteiger partial charge on any atom is -0.484 e. The van der Waals surface area contributed by atoms with Crippen LogP contribution in [0, 0.1) is 10.1 Å². The zero-order valence-electron chi connectivity index (χ0n) is 14.1. The van der Waals surface area contributed by atoms with E-state index >= 15 is 0 Å². The number of nitro benzene ring substituents is 1. The van der Waals surface area contributed by atoms with Crippen LogP contribution in [0.1, 0.15) is 18.5 Å². The number of nitrogens with zero attached hydrogens (tertiary/aromatic N) is 3. The van der Waals surface area contributed by atoms with E-state index in [9.17, 15) is 10.1 Å². The van der Waals surface area contributed by atoms with Gasteiger partial charge in [0.25, 0.3) is 0 Å². The quantitative estimate of drug-likeness (QED) is 0.495. The zero-order valence-corrected chi connectivity index (χ0v) is 14.1. The summed E-state index contributed by atoms with van der Waals surface area (Å²) in [5.74, 6) is 0.570. The molecule has 0 bridgehead atoms. The third-order valence-electron chi connectivity index (χ3n) is 3.91. The summed E-state index contributed by atoms with van der Waals surface area (Å²) in [4.78, 5) is 19.3. The van der Waals surface area contributed by atoms with E-state index in [0.717, 1.165) is 5.56 Å². The van der Waals surface area contributed by atoms with Gasteiger partial charge in [-0.3, -0.25) is 10.1 Å². The standard InChI is InChI=1S/C18H18N4O4/c1-12(13-5-3-2-4-6-13)21-18-14-9-16(22(24)25)17(26-8-7-23)10-15(14)19-11-20-18/h2-6,9-12,23H,7-8H2,1H3,(H,19,20,21)/t12-/m1/s1. The highest BCUT2D eigenvalue weighted by molar-refractivity contribution is 5.92. The number of aromatic nitrogens is 2. The number of nitro groups is 1. The molecule has 0 unspecified atom stereocenters. The fourth-order valence-electron chi connectivity index (χ4n) is 2.63. The van der Waals surface area contributed by atoms with E-state index < -0.39 is 4.92 Å². The summed E-state index contributed by atoms with van der Waals surface area (Å²) in [5.41, 5.74) is 1.38. The largest absolute Gasteiger partial charge is 0.484 e.